The van der Waals surface area contributed by atoms with Gasteiger partial charge in [0.05, 0.1) is 17.6 Å². The number of nitro groups is 1. The zero-order valence-corrected chi connectivity index (χ0v) is 10.4. The van der Waals surface area contributed by atoms with Crippen LogP contribution < -0.4 is 4.74 Å². The van der Waals surface area contributed by atoms with Crippen molar-refractivity contribution in [3.63, 3.8) is 0 Å². The van der Waals surface area contributed by atoms with E-state index in [1.165, 1.54) is 0 Å². The van der Waals surface area contributed by atoms with Gasteiger partial charge in [-0.05, 0) is 13.0 Å². The van der Waals surface area contributed by atoms with Crippen LogP contribution in [0.1, 0.15) is 17.3 Å². The summed E-state index contributed by atoms with van der Waals surface area (Å²) >= 11 is 0. The van der Waals surface area contributed by atoms with Crippen LogP contribution in [0.15, 0.2) is 18.2 Å². The highest BCUT2D eigenvalue weighted by molar-refractivity contribution is 5.90. The fourth-order valence-corrected chi connectivity index (χ4v) is 1.26. The summed E-state index contributed by atoms with van der Waals surface area (Å²) in [6, 6.07) is 2.78. The Hall–Kier alpha value is -2.32. The van der Waals surface area contributed by atoms with Crippen LogP contribution in [0.25, 0.3) is 0 Å². The second-order valence-electron chi connectivity index (χ2n) is 3.73. The number of halogens is 3. The molecule has 0 fully saturated rings. The molecule has 0 aliphatic carbocycles. The Morgan fingerprint density at radius 2 is 2.00 bits per heavy atom. The molecule has 0 amide bonds. The first-order valence-corrected chi connectivity index (χ1v) is 5.27. The Morgan fingerprint density at radius 1 is 1.40 bits per heavy atom. The van der Waals surface area contributed by atoms with Crippen molar-refractivity contribution < 1.29 is 32.4 Å². The van der Waals surface area contributed by atoms with Gasteiger partial charge in [-0.3, -0.25) is 10.1 Å². The monoisotopic (exact) mass is 293 g/mol. The lowest BCUT2D eigenvalue weighted by Crippen LogP contribution is -2.31. The summed E-state index contributed by atoms with van der Waals surface area (Å²) in [6.45, 7) is 0.703. The van der Waals surface area contributed by atoms with Crippen LogP contribution in [0.5, 0.6) is 5.75 Å². The summed E-state index contributed by atoms with van der Waals surface area (Å²) in [4.78, 5) is 21.1. The number of alkyl halides is 3. The third-order valence-electron chi connectivity index (χ3n) is 2.34. The fraction of sp³-hybridized carbons (Fsp3) is 0.364. The van der Waals surface area contributed by atoms with Gasteiger partial charge in [0, 0.05) is 12.1 Å². The SMILES string of the molecule is COC(=O)c1ccc([N+](=O)[O-])c(OC(C)C(F)(F)F)c1. The average molecular weight is 293 g/mol. The molecule has 0 aliphatic rings. The van der Waals surface area contributed by atoms with Crippen molar-refractivity contribution in [2.24, 2.45) is 0 Å². The lowest BCUT2D eigenvalue weighted by molar-refractivity contribution is -0.386. The molecule has 1 atom stereocenters. The Labute approximate surface area is 111 Å². The van der Waals surface area contributed by atoms with E-state index in [4.69, 9.17) is 0 Å². The van der Waals surface area contributed by atoms with E-state index in [1.54, 1.807) is 0 Å². The van der Waals surface area contributed by atoms with Crippen molar-refractivity contribution in [1.29, 1.82) is 0 Å². The summed E-state index contributed by atoms with van der Waals surface area (Å²) in [7, 11) is 1.07. The summed E-state index contributed by atoms with van der Waals surface area (Å²) in [5, 5.41) is 10.7. The maximum absolute atomic E-state index is 12.4. The van der Waals surface area contributed by atoms with Gasteiger partial charge in [-0.15, -0.1) is 0 Å². The number of rotatable bonds is 4. The molecule has 110 valence electrons. The molecule has 1 aromatic carbocycles. The number of hydrogen-bond donors (Lipinski definition) is 0. The average Bonchev–Trinajstić information content (AvgIpc) is 2.36. The van der Waals surface area contributed by atoms with Crippen molar-refractivity contribution >= 4 is 11.7 Å². The highest BCUT2D eigenvalue weighted by atomic mass is 19.4. The van der Waals surface area contributed by atoms with E-state index in [9.17, 15) is 28.1 Å². The molecule has 20 heavy (non-hydrogen) atoms. The van der Waals surface area contributed by atoms with Gasteiger partial charge in [-0.2, -0.15) is 13.2 Å². The van der Waals surface area contributed by atoms with Gasteiger partial charge in [-0.1, -0.05) is 0 Å². The zero-order valence-electron chi connectivity index (χ0n) is 10.4. The minimum atomic E-state index is -4.69. The number of benzene rings is 1. The summed E-state index contributed by atoms with van der Waals surface area (Å²) in [5.41, 5.74) is -0.823. The summed E-state index contributed by atoms with van der Waals surface area (Å²) in [6.07, 6.45) is -6.94. The third kappa shape index (κ3) is 3.59. The predicted molar refractivity (Wildman–Crippen MR) is 60.6 cm³/mol. The molecule has 1 rings (SSSR count). The molecule has 0 saturated heterocycles. The van der Waals surface area contributed by atoms with Crippen molar-refractivity contribution in [1.82, 2.24) is 0 Å². The molecule has 1 unspecified atom stereocenters. The smallest absolute Gasteiger partial charge is 0.425 e. The normalized spacial score (nSPS) is 12.7. The first-order valence-electron chi connectivity index (χ1n) is 5.27. The van der Waals surface area contributed by atoms with Gasteiger partial charge in [0.2, 0.25) is 0 Å². The van der Waals surface area contributed by atoms with Crippen LogP contribution in [-0.4, -0.2) is 30.3 Å². The van der Waals surface area contributed by atoms with E-state index < -0.39 is 34.6 Å². The number of methoxy groups -OCH3 is 1. The summed E-state index contributed by atoms with van der Waals surface area (Å²) in [5.74, 6) is -1.49. The molecule has 0 N–H and O–H groups in total. The number of carbonyl (C=O) groups excluding carboxylic acids is 1. The van der Waals surface area contributed by atoms with E-state index in [2.05, 4.69) is 9.47 Å². The van der Waals surface area contributed by atoms with E-state index in [-0.39, 0.29) is 5.56 Å². The fourth-order valence-electron chi connectivity index (χ4n) is 1.26. The van der Waals surface area contributed by atoms with Crippen molar-refractivity contribution in [2.45, 2.75) is 19.2 Å². The number of carbonyl (C=O) groups is 1. The highest BCUT2D eigenvalue weighted by Crippen LogP contribution is 2.32. The van der Waals surface area contributed by atoms with E-state index in [0.717, 1.165) is 25.3 Å². The minimum absolute atomic E-state index is 0.150. The predicted octanol–water partition coefficient (Wildman–Crippen LogP) is 2.71. The maximum atomic E-state index is 12.4. The Morgan fingerprint density at radius 3 is 2.45 bits per heavy atom. The molecule has 0 bridgehead atoms. The van der Waals surface area contributed by atoms with Gasteiger partial charge in [0.1, 0.15) is 0 Å². The van der Waals surface area contributed by atoms with Crippen molar-refractivity contribution in [3.8, 4) is 5.75 Å². The number of ether oxygens (including phenoxy) is 2. The molecular formula is C11H10F3NO5. The van der Waals surface area contributed by atoms with E-state index in [0.29, 0.717) is 6.92 Å². The molecule has 0 aromatic heterocycles. The highest BCUT2D eigenvalue weighted by Gasteiger charge is 2.39. The number of hydrogen-bond acceptors (Lipinski definition) is 5. The zero-order chi connectivity index (χ0) is 15.5. The van der Waals surface area contributed by atoms with Crippen LogP contribution >= 0.6 is 0 Å². The van der Waals surface area contributed by atoms with Crippen LogP contribution in [-0.2, 0) is 4.74 Å². The first-order chi connectivity index (χ1) is 9.16. The molecule has 1 aromatic rings. The molecule has 0 heterocycles. The molecular weight excluding hydrogens is 283 g/mol. The topological polar surface area (TPSA) is 78.7 Å². The van der Waals surface area contributed by atoms with Gasteiger partial charge in [0.15, 0.2) is 11.9 Å². The van der Waals surface area contributed by atoms with Crippen LogP contribution in [0.2, 0.25) is 0 Å². The molecule has 0 saturated carbocycles. The van der Waals surface area contributed by atoms with Gasteiger partial charge < -0.3 is 9.47 Å². The lowest BCUT2D eigenvalue weighted by Gasteiger charge is -2.17. The van der Waals surface area contributed by atoms with E-state index in [1.807, 2.05) is 0 Å². The lowest BCUT2D eigenvalue weighted by atomic mass is 10.2. The van der Waals surface area contributed by atoms with Crippen LogP contribution in [0.4, 0.5) is 18.9 Å². The van der Waals surface area contributed by atoms with E-state index >= 15 is 0 Å². The van der Waals surface area contributed by atoms with Gasteiger partial charge in [0.25, 0.3) is 0 Å². The Kier molecular flexibility index (Phi) is 4.53. The second kappa shape index (κ2) is 5.76. The molecule has 9 heteroatoms. The molecule has 0 radical (unpaired) electrons. The summed E-state index contributed by atoms with van der Waals surface area (Å²) < 4.78 is 46.1. The maximum Gasteiger partial charge on any atom is 0.425 e. The van der Waals surface area contributed by atoms with Crippen LogP contribution in [0.3, 0.4) is 0 Å². The minimum Gasteiger partial charge on any atom is -0.474 e. The quantitative estimate of drug-likeness (QED) is 0.484. The standard InChI is InChI=1S/C11H10F3NO5/c1-6(11(12,13)14)20-9-5-7(10(16)19-2)3-4-8(9)15(17)18/h3-6H,1-2H3. The third-order valence-corrected chi connectivity index (χ3v) is 2.34. The van der Waals surface area contributed by atoms with Crippen molar-refractivity contribution in [3.05, 3.63) is 33.9 Å². The second-order valence-corrected chi connectivity index (χ2v) is 3.73. The van der Waals surface area contributed by atoms with Gasteiger partial charge in [-0.25, -0.2) is 4.79 Å². The molecule has 0 spiro atoms. The van der Waals surface area contributed by atoms with Crippen LogP contribution in [0, 0.1) is 10.1 Å². The largest absolute Gasteiger partial charge is 0.474 e. The van der Waals surface area contributed by atoms with Crippen molar-refractivity contribution in [2.75, 3.05) is 7.11 Å². The first kappa shape index (κ1) is 15.7. The van der Waals surface area contributed by atoms with Gasteiger partial charge >= 0.3 is 17.8 Å². The molecule has 6 nitrogen and oxygen atoms in total. The Bertz CT molecular complexity index is 529. The number of nitro benzene ring substituents is 1. The number of esters is 1. The Balaban J connectivity index is 3.19. The molecule has 0 aliphatic heterocycles. The number of nitrogens with zero attached hydrogens (tertiary/aromatic N) is 1.